The maximum absolute atomic E-state index is 12.1. The first kappa shape index (κ1) is 16.4. The molecule has 1 rings (SSSR count). The normalized spacial score (nSPS) is 14.9. The monoisotopic (exact) mass is 296 g/mol. The van der Waals surface area contributed by atoms with Gasteiger partial charge in [-0.05, 0) is 19.4 Å². The Kier molecular flexibility index (Phi) is 5.96. The zero-order valence-electron chi connectivity index (χ0n) is 11.6. The molecular formula is C14H17ClN2O3. The van der Waals surface area contributed by atoms with Gasteiger partial charge >= 0.3 is 5.97 Å². The number of hydrogen-bond donors (Lipinski definition) is 1. The minimum absolute atomic E-state index is 0.144. The summed E-state index contributed by atoms with van der Waals surface area (Å²) in [5, 5.41) is 8.46. The van der Waals surface area contributed by atoms with Gasteiger partial charge in [-0.3, -0.25) is 0 Å². The van der Waals surface area contributed by atoms with Crippen molar-refractivity contribution in [3.05, 3.63) is 35.4 Å². The third-order valence-electron chi connectivity index (χ3n) is 2.79. The first-order valence-corrected chi connectivity index (χ1v) is 6.54. The van der Waals surface area contributed by atoms with Crippen molar-refractivity contribution in [3.63, 3.8) is 0 Å². The summed E-state index contributed by atoms with van der Waals surface area (Å²) in [4.78, 5) is 16.9. The highest BCUT2D eigenvalue weighted by molar-refractivity contribution is 6.24. The number of hydroxylamine groups is 1. The van der Waals surface area contributed by atoms with Crippen molar-refractivity contribution in [2.75, 3.05) is 13.7 Å². The number of rotatable bonds is 6. The van der Waals surface area contributed by atoms with Crippen molar-refractivity contribution in [2.24, 2.45) is 0 Å². The molecule has 0 saturated carbocycles. The van der Waals surface area contributed by atoms with Crippen molar-refractivity contribution >= 4 is 17.6 Å². The lowest BCUT2D eigenvalue weighted by Gasteiger charge is -2.29. The van der Waals surface area contributed by atoms with Gasteiger partial charge in [0.2, 0.25) is 5.54 Å². The van der Waals surface area contributed by atoms with Crippen LogP contribution in [0.25, 0.3) is 0 Å². The van der Waals surface area contributed by atoms with E-state index in [4.69, 9.17) is 21.2 Å². The molecule has 1 aromatic rings. The second-order valence-corrected chi connectivity index (χ2v) is 4.66. The third kappa shape index (κ3) is 3.28. The predicted octanol–water partition coefficient (Wildman–Crippen LogP) is 2.25. The van der Waals surface area contributed by atoms with Crippen LogP contribution in [0.4, 0.5) is 0 Å². The lowest BCUT2D eigenvalue weighted by Crippen LogP contribution is -2.54. The van der Waals surface area contributed by atoms with Crippen LogP contribution in [0, 0.1) is 18.3 Å². The first-order valence-electron chi connectivity index (χ1n) is 6.11. The number of benzene rings is 1. The van der Waals surface area contributed by atoms with E-state index in [9.17, 15) is 10.1 Å². The number of halogens is 1. The van der Waals surface area contributed by atoms with Crippen molar-refractivity contribution in [1.82, 2.24) is 5.48 Å². The molecule has 2 unspecified atom stereocenters. The van der Waals surface area contributed by atoms with Crippen molar-refractivity contribution < 1.29 is 14.4 Å². The van der Waals surface area contributed by atoms with Crippen LogP contribution in [0.2, 0.25) is 0 Å². The lowest BCUT2D eigenvalue weighted by molar-refractivity contribution is -0.154. The summed E-state index contributed by atoms with van der Waals surface area (Å²) in [5.41, 5.74) is 2.25. The molecule has 0 fully saturated rings. The Morgan fingerprint density at radius 3 is 2.55 bits per heavy atom. The molecule has 0 aromatic heterocycles. The Hall–Kier alpha value is -1.61. The molecule has 1 N–H and O–H groups in total. The Morgan fingerprint density at radius 1 is 1.50 bits per heavy atom. The van der Waals surface area contributed by atoms with E-state index in [2.05, 4.69) is 5.48 Å². The van der Waals surface area contributed by atoms with E-state index in [1.54, 1.807) is 19.1 Å². The van der Waals surface area contributed by atoms with Gasteiger partial charge in [0.15, 0.2) is 0 Å². The zero-order chi connectivity index (χ0) is 15.2. The van der Waals surface area contributed by atoms with Crippen LogP contribution >= 0.6 is 11.6 Å². The standard InChI is InChI=1S/C14H17ClN2O3/c1-4-20-13(18)14(9-16,17-19-3)12(15)11-7-5-10(2)6-8-11/h5-8,12,17H,4H2,1-3H3. The third-order valence-corrected chi connectivity index (χ3v) is 3.37. The van der Waals surface area contributed by atoms with Crippen LogP contribution in [-0.2, 0) is 14.4 Å². The summed E-state index contributed by atoms with van der Waals surface area (Å²) in [6, 6.07) is 9.09. The highest BCUT2D eigenvalue weighted by Crippen LogP contribution is 2.33. The highest BCUT2D eigenvalue weighted by atomic mass is 35.5. The average Bonchev–Trinajstić information content (AvgIpc) is 2.45. The number of nitrogens with zero attached hydrogens (tertiary/aromatic N) is 1. The Bertz CT molecular complexity index is 498. The molecule has 0 saturated heterocycles. The molecule has 20 heavy (non-hydrogen) atoms. The highest BCUT2D eigenvalue weighted by Gasteiger charge is 2.48. The summed E-state index contributed by atoms with van der Waals surface area (Å²) in [6.07, 6.45) is 0. The van der Waals surface area contributed by atoms with Gasteiger partial charge < -0.3 is 9.57 Å². The van der Waals surface area contributed by atoms with Crippen LogP contribution < -0.4 is 5.48 Å². The van der Waals surface area contributed by atoms with Crippen LogP contribution in [0.3, 0.4) is 0 Å². The number of aryl methyl sites for hydroxylation is 1. The Balaban J connectivity index is 3.19. The van der Waals surface area contributed by atoms with Crippen molar-refractivity contribution in [1.29, 1.82) is 5.26 Å². The maximum atomic E-state index is 12.1. The molecular weight excluding hydrogens is 280 g/mol. The van der Waals surface area contributed by atoms with Crippen LogP contribution in [0.5, 0.6) is 0 Å². The second kappa shape index (κ2) is 7.25. The van der Waals surface area contributed by atoms with Crippen molar-refractivity contribution in [3.8, 4) is 6.07 Å². The number of alkyl halides is 1. The fourth-order valence-electron chi connectivity index (χ4n) is 1.71. The largest absolute Gasteiger partial charge is 0.464 e. The van der Waals surface area contributed by atoms with Crippen molar-refractivity contribution in [2.45, 2.75) is 24.8 Å². The molecule has 6 heteroatoms. The van der Waals surface area contributed by atoms with E-state index >= 15 is 0 Å². The van der Waals surface area contributed by atoms with Crippen LogP contribution in [0.1, 0.15) is 23.4 Å². The number of nitriles is 1. The SMILES string of the molecule is CCOC(=O)C(C#N)(NOC)C(Cl)c1ccc(C)cc1. The van der Waals surface area contributed by atoms with Crippen LogP contribution in [-0.4, -0.2) is 25.2 Å². The second-order valence-electron chi connectivity index (χ2n) is 4.22. The van der Waals surface area contributed by atoms with Gasteiger partial charge in [0.05, 0.1) is 13.7 Å². The van der Waals surface area contributed by atoms with Gasteiger partial charge in [-0.2, -0.15) is 10.7 Å². The molecule has 0 radical (unpaired) electrons. The molecule has 0 amide bonds. The quantitative estimate of drug-likeness (QED) is 0.495. The summed E-state index contributed by atoms with van der Waals surface area (Å²) in [6.45, 7) is 3.73. The van der Waals surface area contributed by atoms with Gasteiger partial charge in [-0.15, -0.1) is 11.6 Å². The van der Waals surface area contributed by atoms with E-state index in [0.717, 1.165) is 5.56 Å². The number of carbonyl (C=O) groups excluding carboxylic acids is 1. The maximum Gasteiger partial charge on any atom is 0.345 e. The summed E-state index contributed by atoms with van der Waals surface area (Å²) in [7, 11) is 1.31. The minimum Gasteiger partial charge on any atom is -0.464 e. The van der Waals surface area contributed by atoms with E-state index in [1.165, 1.54) is 7.11 Å². The van der Waals surface area contributed by atoms with Gasteiger partial charge in [-0.25, -0.2) is 4.79 Å². The fraction of sp³-hybridized carbons (Fsp3) is 0.429. The van der Waals surface area contributed by atoms with Gasteiger partial charge in [0.25, 0.3) is 0 Å². The molecule has 0 aliphatic carbocycles. The molecule has 2 atom stereocenters. The van der Waals surface area contributed by atoms with E-state index in [1.807, 2.05) is 25.1 Å². The minimum atomic E-state index is -1.80. The molecule has 0 aliphatic heterocycles. The van der Waals surface area contributed by atoms with Gasteiger partial charge in [0.1, 0.15) is 11.4 Å². The topological polar surface area (TPSA) is 71.4 Å². The molecule has 0 spiro atoms. The lowest BCUT2D eigenvalue weighted by atomic mass is 9.92. The molecule has 0 heterocycles. The Morgan fingerprint density at radius 2 is 2.10 bits per heavy atom. The predicted molar refractivity (Wildman–Crippen MR) is 74.9 cm³/mol. The van der Waals surface area contributed by atoms with Gasteiger partial charge in [-0.1, -0.05) is 29.8 Å². The van der Waals surface area contributed by atoms with E-state index in [0.29, 0.717) is 5.56 Å². The average molecular weight is 297 g/mol. The fourth-order valence-corrected chi connectivity index (χ4v) is 2.04. The molecule has 108 valence electrons. The van der Waals surface area contributed by atoms with E-state index < -0.39 is 16.9 Å². The number of ether oxygens (including phenoxy) is 1. The number of carbonyl (C=O) groups is 1. The molecule has 1 aromatic carbocycles. The number of esters is 1. The molecule has 0 bridgehead atoms. The smallest absolute Gasteiger partial charge is 0.345 e. The number of hydrogen-bond acceptors (Lipinski definition) is 5. The summed E-state index contributed by atoms with van der Waals surface area (Å²) < 4.78 is 4.93. The Labute approximate surface area is 123 Å². The summed E-state index contributed by atoms with van der Waals surface area (Å²) in [5.74, 6) is -0.773. The van der Waals surface area contributed by atoms with Gasteiger partial charge in [0, 0.05) is 0 Å². The first-order chi connectivity index (χ1) is 9.51. The van der Waals surface area contributed by atoms with E-state index in [-0.39, 0.29) is 6.61 Å². The molecule has 5 nitrogen and oxygen atoms in total. The van der Waals surface area contributed by atoms with Crippen LogP contribution in [0.15, 0.2) is 24.3 Å². The zero-order valence-corrected chi connectivity index (χ0v) is 12.4. The number of nitrogens with one attached hydrogen (secondary N) is 1. The molecule has 0 aliphatic rings. The summed E-state index contributed by atoms with van der Waals surface area (Å²) >= 11 is 6.33.